The SMILES string of the molecule is CN(C)/C=N/S(=O)(=O)c1cc(C(=O)Cl)ccc1Cl. The fourth-order valence-electron chi connectivity index (χ4n) is 1.04. The topological polar surface area (TPSA) is 66.8 Å². The molecule has 0 bridgehead atoms. The highest BCUT2D eigenvalue weighted by Crippen LogP contribution is 2.24. The lowest BCUT2D eigenvalue weighted by atomic mass is 10.2. The van der Waals surface area contributed by atoms with Crippen LogP contribution in [0.5, 0.6) is 0 Å². The summed E-state index contributed by atoms with van der Waals surface area (Å²) in [5, 5.41) is -0.785. The molecule has 0 aliphatic rings. The summed E-state index contributed by atoms with van der Waals surface area (Å²) in [5.74, 6) is 0. The van der Waals surface area contributed by atoms with Gasteiger partial charge in [0.25, 0.3) is 15.3 Å². The summed E-state index contributed by atoms with van der Waals surface area (Å²) in [6, 6.07) is 3.72. The van der Waals surface area contributed by atoms with Crippen LogP contribution >= 0.6 is 23.2 Å². The fourth-order valence-corrected chi connectivity index (χ4v) is 2.58. The standard InChI is InChI=1S/C10H10Cl2N2O3S/c1-14(2)6-13-18(16,17)9-5-7(10(12)15)3-4-8(9)11/h3-6H,1-2H3/b13-6+. The Morgan fingerprint density at radius 2 is 2.00 bits per heavy atom. The minimum absolute atomic E-state index is 0.0208. The highest BCUT2D eigenvalue weighted by molar-refractivity contribution is 7.90. The average Bonchev–Trinajstić information content (AvgIpc) is 2.26. The van der Waals surface area contributed by atoms with Gasteiger partial charge < -0.3 is 4.90 Å². The molecule has 0 amide bonds. The summed E-state index contributed by atoms with van der Waals surface area (Å²) in [6.07, 6.45) is 1.13. The zero-order valence-electron chi connectivity index (χ0n) is 9.59. The van der Waals surface area contributed by atoms with Crippen LogP contribution in [0.2, 0.25) is 5.02 Å². The zero-order valence-corrected chi connectivity index (χ0v) is 11.9. The Kier molecular flexibility index (Phi) is 4.72. The lowest BCUT2D eigenvalue weighted by Crippen LogP contribution is -2.10. The lowest BCUT2D eigenvalue weighted by Gasteiger charge is -2.05. The maximum absolute atomic E-state index is 11.9. The van der Waals surface area contributed by atoms with Crippen molar-refractivity contribution in [3.63, 3.8) is 0 Å². The second-order valence-electron chi connectivity index (χ2n) is 3.58. The predicted molar refractivity (Wildman–Crippen MR) is 71.0 cm³/mol. The molecule has 5 nitrogen and oxygen atoms in total. The van der Waals surface area contributed by atoms with Gasteiger partial charge in [0.05, 0.1) is 5.02 Å². The maximum Gasteiger partial charge on any atom is 0.285 e. The van der Waals surface area contributed by atoms with E-state index < -0.39 is 15.3 Å². The first-order chi connectivity index (χ1) is 8.24. The van der Waals surface area contributed by atoms with Crippen molar-refractivity contribution in [2.45, 2.75) is 4.90 Å². The van der Waals surface area contributed by atoms with Crippen molar-refractivity contribution in [1.82, 2.24) is 4.90 Å². The number of sulfonamides is 1. The van der Waals surface area contributed by atoms with Crippen LogP contribution < -0.4 is 0 Å². The van der Waals surface area contributed by atoms with Crippen molar-refractivity contribution in [2.75, 3.05) is 14.1 Å². The van der Waals surface area contributed by atoms with Crippen molar-refractivity contribution in [3.8, 4) is 0 Å². The molecule has 8 heteroatoms. The van der Waals surface area contributed by atoms with Crippen LogP contribution in [-0.4, -0.2) is 39.0 Å². The molecular formula is C10H10Cl2N2O3S. The third-order valence-corrected chi connectivity index (χ3v) is 3.78. The number of halogens is 2. The average molecular weight is 309 g/mol. The lowest BCUT2D eigenvalue weighted by molar-refractivity contribution is 0.108. The van der Waals surface area contributed by atoms with Gasteiger partial charge in [0.15, 0.2) is 0 Å². The number of hydrogen-bond acceptors (Lipinski definition) is 3. The Bertz CT molecular complexity index is 597. The molecule has 1 aromatic rings. The smallest absolute Gasteiger partial charge is 0.285 e. The molecule has 0 N–H and O–H groups in total. The van der Waals surface area contributed by atoms with Gasteiger partial charge in [-0.2, -0.15) is 8.42 Å². The van der Waals surface area contributed by atoms with Crippen molar-refractivity contribution < 1.29 is 13.2 Å². The summed E-state index contributed by atoms with van der Waals surface area (Å²) < 4.78 is 27.2. The molecule has 0 atom stereocenters. The maximum atomic E-state index is 11.9. The molecule has 0 fully saturated rings. The van der Waals surface area contributed by atoms with Gasteiger partial charge in [-0.1, -0.05) is 11.6 Å². The van der Waals surface area contributed by atoms with Gasteiger partial charge in [0.1, 0.15) is 11.2 Å². The fraction of sp³-hybridized carbons (Fsp3) is 0.200. The number of carbonyl (C=O) groups excluding carboxylic acids is 1. The van der Waals surface area contributed by atoms with E-state index in [-0.39, 0.29) is 15.5 Å². The number of hydrogen-bond donors (Lipinski definition) is 0. The van der Waals surface area contributed by atoms with Crippen molar-refractivity contribution in [2.24, 2.45) is 4.40 Å². The van der Waals surface area contributed by atoms with Crippen LogP contribution in [0.4, 0.5) is 0 Å². The summed E-state index contributed by atoms with van der Waals surface area (Å²) in [6.45, 7) is 0. The molecule has 18 heavy (non-hydrogen) atoms. The van der Waals surface area contributed by atoms with Crippen LogP contribution in [0.25, 0.3) is 0 Å². The number of benzene rings is 1. The van der Waals surface area contributed by atoms with Crippen LogP contribution in [0.1, 0.15) is 10.4 Å². The van der Waals surface area contributed by atoms with E-state index in [0.717, 1.165) is 12.4 Å². The van der Waals surface area contributed by atoms with Crippen LogP contribution in [0, 0.1) is 0 Å². The van der Waals surface area contributed by atoms with E-state index in [1.165, 1.54) is 17.0 Å². The molecule has 1 aromatic carbocycles. The Hall–Kier alpha value is -1.11. The van der Waals surface area contributed by atoms with Crippen LogP contribution in [-0.2, 0) is 10.0 Å². The summed E-state index contributed by atoms with van der Waals surface area (Å²) >= 11 is 11.1. The molecule has 0 saturated carbocycles. The van der Waals surface area contributed by atoms with E-state index >= 15 is 0 Å². The van der Waals surface area contributed by atoms with Crippen LogP contribution in [0.3, 0.4) is 0 Å². The minimum atomic E-state index is -3.96. The Labute approximate surface area is 115 Å². The normalized spacial score (nSPS) is 11.8. The summed E-state index contributed by atoms with van der Waals surface area (Å²) in [4.78, 5) is 12.2. The molecule has 0 unspecified atom stereocenters. The van der Waals surface area contributed by atoms with Gasteiger partial charge in [0.2, 0.25) is 0 Å². The molecule has 0 spiro atoms. The first-order valence-corrected chi connectivity index (χ1v) is 6.90. The summed E-state index contributed by atoms with van der Waals surface area (Å²) in [5.41, 5.74) is 0.0414. The highest BCUT2D eigenvalue weighted by atomic mass is 35.5. The van der Waals surface area contributed by atoms with Crippen LogP contribution in [0.15, 0.2) is 27.5 Å². The largest absolute Gasteiger partial charge is 0.368 e. The van der Waals surface area contributed by atoms with E-state index in [1.54, 1.807) is 14.1 Å². The number of rotatable bonds is 4. The number of carbonyl (C=O) groups is 1. The molecule has 0 aliphatic heterocycles. The molecule has 0 aromatic heterocycles. The van der Waals surface area contributed by atoms with Gasteiger partial charge in [0, 0.05) is 19.7 Å². The second kappa shape index (κ2) is 5.69. The van der Waals surface area contributed by atoms with Crippen molar-refractivity contribution >= 4 is 44.8 Å². The Morgan fingerprint density at radius 1 is 1.39 bits per heavy atom. The van der Waals surface area contributed by atoms with E-state index in [0.29, 0.717) is 0 Å². The Morgan fingerprint density at radius 3 is 2.50 bits per heavy atom. The zero-order chi connectivity index (χ0) is 13.9. The summed E-state index contributed by atoms with van der Waals surface area (Å²) in [7, 11) is -0.708. The van der Waals surface area contributed by atoms with E-state index in [1.807, 2.05) is 0 Å². The third kappa shape index (κ3) is 3.69. The molecule has 98 valence electrons. The monoisotopic (exact) mass is 308 g/mol. The van der Waals surface area contributed by atoms with E-state index in [4.69, 9.17) is 23.2 Å². The van der Waals surface area contributed by atoms with Gasteiger partial charge in [-0.05, 0) is 29.8 Å². The second-order valence-corrected chi connectivity index (χ2v) is 5.93. The third-order valence-electron chi connectivity index (χ3n) is 1.85. The first-order valence-electron chi connectivity index (χ1n) is 4.70. The molecular weight excluding hydrogens is 299 g/mol. The van der Waals surface area contributed by atoms with Crippen molar-refractivity contribution in [1.29, 1.82) is 0 Å². The van der Waals surface area contributed by atoms with Gasteiger partial charge in [-0.25, -0.2) is 0 Å². The molecule has 0 saturated heterocycles. The van der Waals surface area contributed by atoms with Gasteiger partial charge in [-0.15, -0.1) is 4.40 Å². The molecule has 1 rings (SSSR count). The van der Waals surface area contributed by atoms with Gasteiger partial charge >= 0.3 is 0 Å². The van der Waals surface area contributed by atoms with Gasteiger partial charge in [-0.3, -0.25) is 4.79 Å². The number of nitrogens with zero attached hydrogens (tertiary/aromatic N) is 2. The first kappa shape index (κ1) is 14.9. The quantitative estimate of drug-likeness (QED) is 0.485. The van der Waals surface area contributed by atoms with E-state index in [2.05, 4.69) is 4.40 Å². The van der Waals surface area contributed by atoms with E-state index in [9.17, 15) is 13.2 Å². The Balaban J connectivity index is 3.32. The molecule has 0 radical (unpaired) electrons. The van der Waals surface area contributed by atoms with Crippen molar-refractivity contribution in [3.05, 3.63) is 28.8 Å². The minimum Gasteiger partial charge on any atom is -0.368 e. The highest BCUT2D eigenvalue weighted by Gasteiger charge is 2.18. The predicted octanol–water partition coefficient (Wildman–Crippen LogP) is 2.00. The molecule has 0 aliphatic carbocycles. The molecule has 0 heterocycles.